The fraction of sp³-hybridized carbons (Fsp3) is 0.111. The van der Waals surface area contributed by atoms with Gasteiger partial charge in [-0.05, 0) is 35.7 Å². The molecule has 3 heterocycles. The number of aromatic nitrogens is 1. The lowest BCUT2D eigenvalue weighted by molar-refractivity contribution is 0.757. The molecule has 0 saturated carbocycles. The van der Waals surface area contributed by atoms with E-state index in [0.717, 1.165) is 30.3 Å². The van der Waals surface area contributed by atoms with Gasteiger partial charge in [0.25, 0.3) is 0 Å². The minimum absolute atomic E-state index is 0.733. The van der Waals surface area contributed by atoms with E-state index in [1.54, 1.807) is 11.3 Å². The lowest BCUT2D eigenvalue weighted by atomic mass is 10.2. The monoisotopic (exact) mass is 320 g/mol. The summed E-state index contributed by atoms with van der Waals surface area (Å²) in [4.78, 5) is 6.78. The molecule has 0 fully saturated rings. The van der Waals surface area contributed by atoms with Crippen LogP contribution < -0.4 is 9.91 Å². The predicted molar refractivity (Wildman–Crippen MR) is 96.2 cm³/mol. The molecule has 2 aromatic heterocycles. The van der Waals surface area contributed by atoms with Gasteiger partial charge in [0.05, 0.1) is 17.9 Å². The number of hydrazone groups is 1. The van der Waals surface area contributed by atoms with Crippen LogP contribution in [0.5, 0.6) is 0 Å². The Bertz CT molecular complexity index is 784. The van der Waals surface area contributed by atoms with Crippen LogP contribution in [0.25, 0.3) is 0 Å². The number of anilines is 2. The van der Waals surface area contributed by atoms with Crippen LogP contribution in [-0.4, -0.2) is 23.9 Å². The highest BCUT2D eigenvalue weighted by Gasteiger charge is 2.22. The first-order chi connectivity index (χ1) is 11.4. The summed E-state index contributed by atoms with van der Waals surface area (Å²) in [5, 5.41) is 11.1. The van der Waals surface area contributed by atoms with Gasteiger partial charge in [0.2, 0.25) is 0 Å². The highest BCUT2D eigenvalue weighted by atomic mass is 32.1. The second-order valence-electron chi connectivity index (χ2n) is 5.32. The molecule has 0 aliphatic carbocycles. The third kappa shape index (κ3) is 2.96. The molecule has 0 spiro atoms. The summed E-state index contributed by atoms with van der Waals surface area (Å²) in [5.41, 5.74) is 4.21. The normalized spacial score (nSPS) is 14.7. The predicted octanol–water partition coefficient (Wildman–Crippen LogP) is 3.83. The Labute approximate surface area is 139 Å². The quantitative estimate of drug-likeness (QED) is 0.735. The van der Waals surface area contributed by atoms with Crippen molar-refractivity contribution in [2.75, 3.05) is 23.1 Å². The van der Waals surface area contributed by atoms with Crippen LogP contribution >= 0.6 is 11.3 Å². The molecule has 4 rings (SSSR count). The molecule has 4 nitrogen and oxygen atoms in total. The van der Waals surface area contributed by atoms with Crippen molar-refractivity contribution in [3.05, 3.63) is 77.2 Å². The van der Waals surface area contributed by atoms with Crippen molar-refractivity contribution in [3.8, 4) is 0 Å². The van der Waals surface area contributed by atoms with Crippen LogP contribution in [0.3, 0.4) is 0 Å². The number of hydrogen-bond donors (Lipinski definition) is 0. The number of benzene rings is 1. The molecule has 114 valence electrons. The molecule has 0 amide bonds. The summed E-state index contributed by atoms with van der Waals surface area (Å²) < 4.78 is 0. The van der Waals surface area contributed by atoms with Gasteiger partial charge >= 0.3 is 0 Å². The Morgan fingerprint density at radius 2 is 1.78 bits per heavy atom. The third-order valence-corrected chi connectivity index (χ3v) is 4.44. The molecule has 23 heavy (non-hydrogen) atoms. The zero-order chi connectivity index (χ0) is 15.5. The SMILES string of the molecule is c1ccc(N2CN(c3ccsc3)CC(c3ccccn3)=N2)cc1. The van der Waals surface area contributed by atoms with Gasteiger partial charge in [-0.3, -0.25) is 4.98 Å². The van der Waals surface area contributed by atoms with E-state index in [1.165, 1.54) is 5.69 Å². The molecule has 0 saturated heterocycles. The Kier molecular flexibility index (Phi) is 3.78. The van der Waals surface area contributed by atoms with Gasteiger partial charge in [-0.25, -0.2) is 5.01 Å². The summed E-state index contributed by atoms with van der Waals surface area (Å²) in [7, 11) is 0. The second-order valence-corrected chi connectivity index (χ2v) is 6.10. The highest BCUT2D eigenvalue weighted by molar-refractivity contribution is 7.08. The van der Waals surface area contributed by atoms with Crippen LogP contribution in [0.2, 0.25) is 0 Å². The van der Waals surface area contributed by atoms with Crippen LogP contribution in [0.15, 0.2) is 76.7 Å². The van der Waals surface area contributed by atoms with E-state index < -0.39 is 0 Å². The number of rotatable bonds is 3. The molecule has 1 aromatic carbocycles. The number of thiophene rings is 1. The topological polar surface area (TPSA) is 31.7 Å². The molecular weight excluding hydrogens is 304 g/mol. The van der Waals surface area contributed by atoms with Gasteiger partial charge in [0, 0.05) is 17.3 Å². The lowest BCUT2D eigenvalue weighted by Gasteiger charge is -2.35. The zero-order valence-electron chi connectivity index (χ0n) is 12.5. The fourth-order valence-corrected chi connectivity index (χ4v) is 3.28. The zero-order valence-corrected chi connectivity index (χ0v) is 13.4. The van der Waals surface area contributed by atoms with Crippen molar-refractivity contribution in [1.82, 2.24) is 4.98 Å². The molecule has 1 aliphatic heterocycles. The minimum atomic E-state index is 0.733. The average Bonchev–Trinajstić information content (AvgIpc) is 3.18. The van der Waals surface area contributed by atoms with E-state index in [-0.39, 0.29) is 0 Å². The third-order valence-electron chi connectivity index (χ3n) is 3.77. The van der Waals surface area contributed by atoms with E-state index in [4.69, 9.17) is 5.10 Å². The first-order valence-corrected chi connectivity index (χ1v) is 8.43. The minimum Gasteiger partial charge on any atom is -0.345 e. The molecule has 0 unspecified atom stereocenters. The van der Waals surface area contributed by atoms with Gasteiger partial charge < -0.3 is 4.90 Å². The maximum atomic E-state index is 4.83. The summed E-state index contributed by atoms with van der Waals surface area (Å²) in [6.07, 6.45) is 1.81. The molecule has 3 aromatic rings. The van der Waals surface area contributed by atoms with Crippen molar-refractivity contribution >= 4 is 28.4 Å². The van der Waals surface area contributed by atoms with Crippen molar-refractivity contribution in [3.63, 3.8) is 0 Å². The molecular formula is C18H16N4S. The van der Waals surface area contributed by atoms with Crippen LogP contribution in [0, 0.1) is 0 Å². The van der Waals surface area contributed by atoms with Gasteiger partial charge in [-0.2, -0.15) is 16.4 Å². The van der Waals surface area contributed by atoms with Gasteiger partial charge in [0.1, 0.15) is 12.4 Å². The van der Waals surface area contributed by atoms with Crippen molar-refractivity contribution in [2.24, 2.45) is 5.10 Å². The molecule has 0 radical (unpaired) electrons. The number of para-hydroxylation sites is 1. The second kappa shape index (κ2) is 6.22. The van der Waals surface area contributed by atoms with Gasteiger partial charge in [-0.15, -0.1) is 0 Å². The van der Waals surface area contributed by atoms with Crippen molar-refractivity contribution < 1.29 is 0 Å². The first kappa shape index (κ1) is 14.0. The highest BCUT2D eigenvalue weighted by Crippen LogP contribution is 2.24. The van der Waals surface area contributed by atoms with Crippen LogP contribution in [0.1, 0.15) is 5.69 Å². The average molecular weight is 320 g/mol. The molecule has 0 atom stereocenters. The molecule has 1 aliphatic rings. The lowest BCUT2D eigenvalue weighted by Crippen LogP contribution is -2.44. The number of pyridine rings is 1. The maximum absolute atomic E-state index is 4.83. The van der Waals surface area contributed by atoms with E-state index in [0.29, 0.717) is 0 Å². The van der Waals surface area contributed by atoms with Gasteiger partial charge in [0.15, 0.2) is 0 Å². The van der Waals surface area contributed by atoms with E-state index in [2.05, 4.69) is 38.8 Å². The van der Waals surface area contributed by atoms with Crippen molar-refractivity contribution in [2.45, 2.75) is 0 Å². The Morgan fingerprint density at radius 3 is 2.52 bits per heavy atom. The van der Waals surface area contributed by atoms with E-state index >= 15 is 0 Å². The standard InChI is InChI=1S/C18H16N4S/c1-2-6-15(7-3-1)22-14-21(16-9-11-23-13-16)12-18(20-22)17-8-4-5-10-19-17/h1-11,13H,12,14H2. The smallest absolute Gasteiger partial charge is 0.113 e. The Hall–Kier alpha value is -2.66. The molecule has 5 heteroatoms. The van der Waals surface area contributed by atoms with E-state index in [9.17, 15) is 0 Å². The van der Waals surface area contributed by atoms with Crippen LogP contribution in [-0.2, 0) is 0 Å². The molecule has 0 N–H and O–H groups in total. The summed E-state index contributed by atoms with van der Waals surface area (Å²) >= 11 is 1.71. The van der Waals surface area contributed by atoms with E-state index in [1.807, 2.05) is 47.6 Å². The summed E-state index contributed by atoms with van der Waals surface area (Å²) in [6.45, 7) is 1.49. The maximum Gasteiger partial charge on any atom is 0.113 e. The number of hydrogen-bond acceptors (Lipinski definition) is 5. The number of nitrogens with zero attached hydrogens (tertiary/aromatic N) is 4. The van der Waals surface area contributed by atoms with Crippen LogP contribution in [0.4, 0.5) is 11.4 Å². The van der Waals surface area contributed by atoms with Crippen molar-refractivity contribution in [1.29, 1.82) is 0 Å². The fourth-order valence-electron chi connectivity index (χ4n) is 2.62. The Balaban J connectivity index is 1.73. The summed E-state index contributed by atoms with van der Waals surface area (Å²) in [6, 6.07) is 18.3. The largest absolute Gasteiger partial charge is 0.345 e. The first-order valence-electron chi connectivity index (χ1n) is 7.49. The summed E-state index contributed by atoms with van der Waals surface area (Å²) in [5.74, 6) is 0. The molecule has 0 bridgehead atoms. The van der Waals surface area contributed by atoms with Gasteiger partial charge in [-0.1, -0.05) is 24.3 Å². The Morgan fingerprint density at radius 1 is 0.913 bits per heavy atom.